The number of nitrogens with zero attached hydrogens (tertiary/aromatic N) is 2. The third-order valence-electron chi connectivity index (χ3n) is 3.27. The van der Waals surface area contributed by atoms with E-state index in [0.29, 0.717) is 10.8 Å². The van der Waals surface area contributed by atoms with E-state index in [9.17, 15) is 32.9 Å². The number of hydrogen-bond acceptors (Lipinski definition) is 11. The topological polar surface area (TPSA) is 250 Å². The highest BCUT2D eigenvalue weighted by molar-refractivity contribution is 7.66. The number of phosphoric ester groups is 1. The number of anilines is 1. The Morgan fingerprint density at radius 1 is 1.24 bits per heavy atom. The molecule has 3 unspecified atom stereocenters. The molecule has 16 nitrogen and oxygen atoms in total. The molecule has 2 rings (SSSR count). The van der Waals surface area contributed by atoms with Crippen LogP contribution in [-0.2, 0) is 31.6 Å². The summed E-state index contributed by atoms with van der Waals surface area (Å²) in [6.45, 7) is -0.943. The number of aliphatic hydroxyl groups is 1. The number of nitrogens with two attached hydrogens (primary N) is 1. The summed E-state index contributed by atoms with van der Waals surface area (Å²) in [7, 11) is -16.7. The van der Waals surface area contributed by atoms with E-state index in [2.05, 4.69) is 18.1 Å². The van der Waals surface area contributed by atoms with Crippen molar-refractivity contribution in [2.75, 3.05) is 12.3 Å². The van der Waals surface area contributed by atoms with Crippen LogP contribution in [0.4, 0.5) is 10.2 Å². The largest absolute Gasteiger partial charge is 0.490 e. The normalized spacial score (nSPS) is 26.8. The maximum absolute atomic E-state index is 13.5. The Morgan fingerprint density at radius 3 is 2.45 bits per heavy atom. The van der Waals surface area contributed by atoms with Crippen LogP contribution in [-0.4, -0.2) is 53.0 Å². The van der Waals surface area contributed by atoms with Crippen LogP contribution in [0.3, 0.4) is 0 Å². The van der Waals surface area contributed by atoms with Gasteiger partial charge in [-0.2, -0.15) is 13.6 Å². The zero-order chi connectivity index (χ0) is 22.2. The predicted octanol–water partition coefficient (Wildman–Crippen LogP) is -1.04. The molecule has 29 heavy (non-hydrogen) atoms. The summed E-state index contributed by atoms with van der Waals surface area (Å²) >= 11 is 0. The van der Waals surface area contributed by atoms with Gasteiger partial charge in [0.1, 0.15) is 12.3 Å². The first-order valence-electron chi connectivity index (χ1n) is 7.24. The Bertz CT molecular complexity index is 965. The molecule has 0 bridgehead atoms. The molecule has 1 aromatic rings. The number of phosphoric acid groups is 3. The molecule has 1 saturated heterocycles. The summed E-state index contributed by atoms with van der Waals surface area (Å²) in [5.74, 6) is -1.70. The molecule has 0 aromatic carbocycles. The van der Waals surface area contributed by atoms with Gasteiger partial charge in [0, 0.05) is 6.42 Å². The first-order chi connectivity index (χ1) is 13.1. The average molecular weight is 485 g/mol. The smallest absolute Gasteiger partial charge is 0.390 e. The van der Waals surface area contributed by atoms with Crippen LogP contribution in [0.2, 0.25) is 0 Å². The number of ether oxygens (including phenoxy) is 1. The third kappa shape index (κ3) is 7.00. The van der Waals surface area contributed by atoms with Gasteiger partial charge in [-0.1, -0.05) is 0 Å². The molecule has 1 aliphatic heterocycles. The monoisotopic (exact) mass is 485 g/mol. The van der Waals surface area contributed by atoms with Crippen molar-refractivity contribution in [2.24, 2.45) is 0 Å². The molecular formula is C9H15FN3O13P3. The molecule has 5 atom stereocenters. The van der Waals surface area contributed by atoms with Crippen molar-refractivity contribution in [2.45, 2.75) is 24.9 Å². The number of hydrogen-bond donors (Lipinski definition) is 6. The minimum absolute atomic E-state index is 0.296. The molecule has 7 N–H and O–H groups in total. The average Bonchev–Trinajstić information content (AvgIpc) is 2.86. The first-order valence-corrected chi connectivity index (χ1v) is 11.8. The van der Waals surface area contributed by atoms with E-state index in [0.717, 1.165) is 0 Å². The van der Waals surface area contributed by atoms with Gasteiger partial charge in [0.25, 0.3) is 0 Å². The predicted molar refractivity (Wildman–Crippen MR) is 87.2 cm³/mol. The van der Waals surface area contributed by atoms with Gasteiger partial charge in [0.05, 0.1) is 18.9 Å². The molecule has 1 aromatic heterocycles. The van der Waals surface area contributed by atoms with Gasteiger partial charge in [-0.05, 0) is 0 Å². The van der Waals surface area contributed by atoms with Gasteiger partial charge in [0.2, 0.25) is 0 Å². The fraction of sp³-hybridized carbons (Fsp3) is 0.556. The second-order valence-electron chi connectivity index (χ2n) is 5.48. The molecular weight excluding hydrogens is 470 g/mol. The molecule has 1 fully saturated rings. The highest BCUT2D eigenvalue weighted by atomic mass is 31.3. The van der Waals surface area contributed by atoms with Crippen molar-refractivity contribution in [1.29, 1.82) is 0 Å². The summed E-state index contributed by atoms with van der Waals surface area (Å²) in [4.78, 5) is 50.2. The molecule has 0 saturated carbocycles. The van der Waals surface area contributed by atoms with E-state index in [-0.39, 0.29) is 6.42 Å². The van der Waals surface area contributed by atoms with Crippen LogP contribution >= 0.6 is 23.5 Å². The second-order valence-corrected chi connectivity index (χ2v) is 9.90. The number of rotatable bonds is 8. The van der Waals surface area contributed by atoms with Gasteiger partial charge < -0.3 is 35.2 Å². The van der Waals surface area contributed by atoms with Crippen LogP contribution in [0.25, 0.3) is 0 Å². The zero-order valence-corrected chi connectivity index (χ0v) is 16.6. The molecule has 0 radical (unpaired) electrons. The molecule has 20 heteroatoms. The Balaban J connectivity index is 2.02. The van der Waals surface area contributed by atoms with E-state index < -0.39 is 65.8 Å². The molecule has 1 aliphatic rings. The number of halogens is 1. The molecule has 166 valence electrons. The van der Waals surface area contributed by atoms with Crippen molar-refractivity contribution in [3.05, 3.63) is 22.5 Å². The lowest BCUT2D eigenvalue weighted by Gasteiger charge is -2.19. The third-order valence-corrected chi connectivity index (χ3v) is 7.07. The molecule has 0 aliphatic carbocycles. The van der Waals surface area contributed by atoms with Crippen LogP contribution < -0.4 is 11.4 Å². The van der Waals surface area contributed by atoms with E-state index in [1.807, 2.05) is 0 Å². The lowest BCUT2D eigenvalue weighted by molar-refractivity contribution is -0.0452. The molecule has 0 spiro atoms. The van der Waals surface area contributed by atoms with Crippen molar-refractivity contribution in [3.63, 3.8) is 0 Å². The van der Waals surface area contributed by atoms with Crippen LogP contribution in [0.15, 0.2) is 11.0 Å². The highest BCUT2D eigenvalue weighted by Crippen LogP contribution is 2.66. The van der Waals surface area contributed by atoms with Crippen LogP contribution in [0, 0.1) is 5.82 Å². The zero-order valence-electron chi connectivity index (χ0n) is 13.9. The molecule has 2 heterocycles. The summed E-state index contributed by atoms with van der Waals surface area (Å²) < 4.78 is 64.1. The summed E-state index contributed by atoms with van der Waals surface area (Å²) in [6.07, 6.45) is -3.67. The Morgan fingerprint density at radius 2 is 1.86 bits per heavy atom. The standard InChI is InChI=1S/C9H15FN3O13P3/c10-4-2-13(9(15)12-8(4)11)7-1-5(14)6(24-7)3-23-28(19,20)26-29(21,22)25-27(16,17)18/h2,5-7,14H,1,3H2,(H,19,20)(H,21,22)(H2,11,12,15)(H2,16,17,18)/t5-,6?,7-/m1/s1. The fourth-order valence-electron chi connectivity index (χ4n) is 2.17. The summed E-state index contributed by atoms with van der Waals surface area (Å²) in [6, 6.07) is 0. The van der Waals surface area contributed by atoms with E-state index in [4.69, 9.17) is 25.2 Å². The SMILES string of the molecule is Nc1nc(=O)n([C@H]2C[C@@H](O)C(COP(=O)(O)OP(=O)(O)OP(=O)(O)O)O2)cc1F. The van der Waals surface area contributed by atoms with Crippen molar-refractivity contribution >= 4 is 29.3 Å². The Hall–Kier alpha value is -1.06. The Labute approximate surface area is 160 Å². The van der Waals surface area contributed by atoms with Gasteiger partial charge in [0.15, 0.2) is 11.6 Å². The van der Waals surface area contributed by atoms with E-state index in [1.54, 1.807) is 0 Å². The van der Waals surface area contributed by atoms with Gasteiger partial charge >= 0.3 is 29.2 Å². The van der Waals surface area contributed by atoms with Crippen LogP contribution in [0.1, 0.15) is 12.6 Å². The maximum Gasteiger partial charge on any atom is 0.490 e. The minimum atomic E-state index is -5.70. The lowest BCUT2D eigenvalue weighted by atomic mass is 10.2. The minimum Gasteiger partial charge on any atom is -0.390 e. The van der Waals surface area contributed by atoms with Gasteiger partial charge in [-0.25, -0.2) is 22.9 Å². The van der Waals surface area contributed by atoms with E-state index >= 15 is 0 Å². The second kappa shape index (κ2) is 8.59. The quantitative estimate of drug-likeness (QED) is 0.240. The fourth-order valence-corrected chi connectivity index (χ4v) is 5.20. The van der Waals surface area contributed by atoms with Crippen LogP contribution in [0.5, 0.6) is 0 Å². The van der Waals surface area contributed by atoms with E-state index in [1.165, 1.54) is 0 Å². The van der Waals surface area contributed by atoms with Gasteiger partial charge in [-0.15, -0.1) is 0 Å². The molecule has 0 amide bonds. The van der Waals surface area contributed by atoms with Crippen molar-refractivity contribution in [1.82, 2.24) is 9.55 Å². The van der Waals surface area contributed by atoms with Crippen molar-refractivity contribution in [3.8, 4) is 0 Å². The Kier molecular flexibility index (Phi) is 7.17. The lowest BCUT2D eigenvalue weighted by Crippen LogP contribution is -2.29. The summed E-state index contributed by atoms with van der Waals surface area (Å²) in [5.41, 5.74) is 4.14. The number of nitrogen functional groups attached to an aromatic ring is 1. The number of aromatic nitrogens is 2. The highest BCUT2D eigenvalue weighted by Gasteiger charge is 2.43. The maximum atomic E-state index is 13.5. The van der Waals surface area contributed by atoms with Crippen molar-refractivity contribution < 1.29 is 60.6 Å². The summed E-state index contributed by atoms with van der Waals surface area (Å²) in [5, 5.41) is 9.91. The van der Waals surface area contributed by atoms with Gasteiger partial charge in [-0.3, -0.25) is 9.09 Å². The first kappa shape index (κ1) is 24.2. The number of aliphatic hydroxyl groups excluding tert-OH is 1.